The average Bonchev–Trinajstić information content (AvgIpc) is 2.34. The van der Waals surface area contributed by atoms with Gasteiger partial charge in [0, 0.05) is 12.5 Å². The van der Waals surface area contributed by atoms with Crippen LogP contribution in [0.4, 0.5) is 0 Å². The highest BCUT2D eigenvalue weighted by atomic mass is 16.5. The van der Waals surface area contributed by atoms with Crippen molar-refractivity contribution in [2.45, 2.75) is 47.5 Å². The third kappa shape index (κ3) is 3.62. The van der Waals surface area contributed by atoms with Crippen molar-refractivity contribution in [3.63, 3.8) is 0 Å². The van der Waals surface area contributed by atoms with Gasteiger partial charge in [-0.15, -0.1) is 0 Å². The highest BCUT2D eigenvalue weighted by Crippen LogP contribution is 2.16. The lowest BCUT2D eigenvalue weighted by molar-refractivity contribution is 0.362. The van der Waals surface area contributed by atoms with E-state index < -0.39 is 0 Å². The van der Waals surface area contributed by atoms with Crippen molar-refractivity contribution >= 4 is 0 Å². The summed E-state index contributed by atoms with van der Waals surface area (Å²) in [6.07, 6.45) is 0.986. The minimum atomic E-state index is 0. The minimum Gasteiger partial charge on any atom is -0.361 e. The van der Waals surface area contributed by atoms with E-state index in [-0.39, 0.29) is 7.43 Å². The lowest BCUT2D eigenvalue weighted by Gasteiger charge is -1.97. The van der Waals surface area contributed by atoms with Crippen LogP contribution < -0.4 is 0 Å². The smallest absolute Gasteiger partial charge is 0.137 e. The van der Waals surface area contributed by atoms with E-state index in [1.165, 1.54) is 0 Å². The molecule has 0 atom stereocenters. The summed E-state index contributed by atoms with van der Waals surface area (Å²) in [5.41, 5.74) is 1.06. The second-order valence-electron chi connectivity index (χ2n) is 3.97. The fourth-order valence-corrected chi connectivity index (χ4v) is 1.10. The Morgan fingerprint density at radius 2 is 1.92 bits per heavy atom. The van der Waals surface area contributed by atoms with E-state index in [1.807, 2.05) is 0 Å². The number of rotatable bonds is 3. The standard InChI is InChI=1S/C10H17NO.CH4/c1-7(2)5-9-6-10(8(3)4)11-12-9;/h6-8H,5H2,1-4H3;1H4. The first-order valence-corrected chi connectivity index (χ1v) is 4.55. The summed E-state index contributed by atoms with van der Waals surface area (Å²) < 4.78 is 5.19. The number of aromatic nitrogens is 1. The molecule has 76 valence electrons. The molecule has 0 aliphatic rings. The Hall–Kier alpha value is -0.790. The molecule has 0 radical (unpaired) electrons. The van der Waals surface area contributed by atoms with Gasteiger partial charge in [-0.3, -0.25) is 0 Å². The van der Waals surface area contributed by atoms with Gasteiger partial charge in [0.25, 0.3) is 0 Å². The first-order valence-electron chi connectivity index (χ1n) is 4.55. The minimum absolute atomic E-state index is 0. The van der Waals surface area contributed by atoms with Gasteiger partial charge in [0.2, 0.25) is 0 Å². The van der Waals surface area contributed by atoms with Gasteiger partial charge in [0.15, 0.2) is 0 Å². The van der Waals surface area contributed by atoms with Crippen molar-refractivity contribution in [3.8, 4) is 0 Å². The van der Waals surface area contributed by atoms with Crippen molar-refractivity contribution in [3.05, 3.63) is 17.5 Å². The summed E-state index contributed by atoms with van der Waals surface area (Å²) in [6, 6.07) is 2.06. The number of nitrogens with zero attached hydrogens (tertiary/aromatic N) is 1. The second kappa shape index (κ2) is 5.05. The zero-order valence-electron chi connectivity index (χ0n) is 8.29. The van der Waals surface area contributed by atoms with Crippen LogP contribution in [-0.4, -0.2) is 5.16 Å². The van der Waals surface area contributed by atoms with Gasteiger partial charge in [0.05, 0.1) is 5.69 Å². The molecule has 1 aromatic rings. The molecule has 0 spiro atoms. The molecular weight excluding hydrogens is 162 g/mol. The Bertz CT molecular complexity index is 238. The third-order valence-corrected chi connectivity index (χ3v) is 1.78. The Morgan fingerprint density at radius 1 is 1.31 bits per heavy atom. The Kier molecular flexibility index (Phi) is 4.74. The first kappa shape index (κ1) is 12.2. The SMILES string of the molecule is C.CC(C)Cc1cc(C(C)C)no1. The van der Waals surface area contributed by atoms with E-state index in [1.54, 1.807) is 0 Å². The fraction of sp³-hybridized carbons (Fsp3) is 0.727. The van der Waals surface area contributed by atoms with Crippen LogP contribution in [0, 0.1) is 5.92 Å². The normalized spacial score (nSPS) is 10.6. The Morgan fingerprint density at radius 3 is 2.31 bits per heavy atom. The summed E-state index contributed by atoms with van der Waals surface area (Å²) in [5.74, 6) is 2.11. The van der Waals surface area contributed by atoms with E-state index in [4.69, 9.17) is 4.52 Å². The molecule has 0 bridgehead atoms. The predicted octanol–water partition coefficient (Wildman–Crippen LogP) is 3.63. The second-order valence-corrected chi connectivity index (χ2v) is 3.97. The largest absolute Gasteiger partial charge is 0.361 e. The zero-order valence-corrected chi connectivity index (χ0v) is 8.29. The van der Waals surface area contributed by atoms with E-state index in [9.17, 15) is 0 Å². The topological polar surface area (TPSA) is 26.0 Å². The van der Waals surface area contributed by atoms with Gasteiger partial charge in [0.1, 0.15) is 5.76 Å². The van der Waals surface area contributed by atoms with Crippen LogP contribution in [0.5, 0.6) is 0 Å². The molecule has 0 saturated carbocycles. The van der Waals surface area contributed by atoms with E-state index in [0.717, 1.165) is 17.9 Å². The Balaban J connectivity index is 0.00000144. The van der Waals surface area contributed by atoms with Gasteiger partial charge in [-0.25, -0.2) is 0 Å². The lowest BCUT2D eigenvalue weighted by atomic mass is 10.1. The van der Waals surface area contributed by atoms with Crippen LogP contribution in [0.3, 0.4) is 0 Å². The molecule has 2 nitrogen and oxygen atoms in total. The third-order valence-electron chi connectivity index (χ3n) is 1.78. The predicted molar refractivity (Wildman–Crippen MR) is 55.9 cm³/mol. The molecule has 0 amide bonds. The van der Waals surface area contributed by atoms with Gasteiger partial charge in [-0.2, -0.15) is 0 Å². The Labute approximate surface area is 81.3 Å². The molecule has 13 heavy (non-hydrogen) atoms. The van der Waals surface area contributed by atoms with Crippen LogP contribution in [0.15, 0.2) is 10.6 Å². The summed E-state index contributed by atoms with van der Waals surface area (Å²) in [5, 5.41) is 3.99. The molecule has 1 heterocycles. The maximum Gasteiger partial charge on any atom is 0.137 e. The first-order chi connectivity index (χ1) is 5.59. The van der Waals surface area contributed by atoms with Crippen molar-refractivity contribution in [2.24, 2.45) is 5.92 Å². The van der Waals surface area contributed by atoms with Crippen molar-refractivity contribution in [1.29, 1.82) is 0 Å². The summed E-state index contributed by atoms with van der Waals surface area (Å²) in [4.78, 5) is 0. The molecule has 1 rings (SSSR count). The summed E-state index contributed by atoms with van der Waals surface area (Å²) >= 11 is 0. The van der Waals surface area contributed by atoms with Crippen molar-refractivity contribution in [1.82, 2.24) is 5.16 Å². The summed E-state index contributed by atoms with van der Waals surface area (Å²) in [6.45, 7) is 8.60. The molecule has 0 unspecified atom stereocenters. The molecule has 1 aromatic heterocycles. The lowest BCUT2D eigenvalue weighted by Crippen LogP contribution is -1.91. The monoisotopic (exact) mass is 183 g/mol. The molecule has 0 fully saturated rings. The molecule has 0 N–H and O–H groups in total. The van der Waals surface area contributed by atoms with Gasteiger partial charge < -0.3 is 4.52 Å². The van der Waals surface area contributed by atoms with Crippen molar-refractivity contribution < 1.29 is 4.52 Å². The van der Waals surface area contributed by atoms with Gasteiger partial charge in [-0.05, 0) is 11.8 Å². The van der Waals surface area contributed by atoms with Crippen molar-refractivity contribution in [2.75, 3.05) is 0 Å². The van der Waals surface area contributed by atoms with E-state index in [0.29, 0.717) is 11.8 Å². The summed E-state index contributed by atoms with van der Waals surface area (Å²) in [7, 11) is 0. The van der Waals surface area contributed by atoms with E-state index >= 15 is 0 Å². The number of hydrogen-bond acceptors (Lipinski definition) is 2. The van der Waals surface area contributed by atoms with Gasteiger partial charge in [-0.1, -0.05) is 40.3 Å². The molecule has 2 heteroatoms. The molecule has 0 aromatic carbocycles. The fourth-order valence-electron chi connectivity index (χ4n) is 1.10. The maximum absolute atomic E-state index is 5.19. The molecule has 0 saturated heterocycles. The van der Waals surface area contributed by atoms with Crippen LogP contribution in [-0.2, 0) is 6.42 Å². The average molecular weight is 183 g/mol. The van der Waals surface area contributed by atoms with E-state index in [2.05, 4.69) is 38.9 Å². The van der Waals surface area contributed by atoms with Crippen LogP contribution in [0.1, 0.15) is 52.5 Å². The molecular formula is C11H21NO. The van der Waals surface area contributed by atoms with Gasteiger partial charge >= 0.3 is 0 Å². The number of hydrogen-bond donors (Lipinski definition) is 0. The highest BCUT2D eigenvalue weighted by molar-refractivity contribution is 5.09. The molecule has 0 aliphatic carbocycles. The maximum atomic E-state index is 5.19. The van der Waals surface area contributed by atoms with Crippen LogP contribution >= 0.6 is 0 Å². The highest BCUT2D eigenvalue weighted by Gasteiger charge is 2.08. The quantitative estimate of drug-likeness (QED) is 0.715. The van der Waals surface area contributed by atoms with Crippen LogP contribution in [0.25, 0.3) is 0 Å². The van der Waals surface area contributed by atoms with Crippen LogP contribution in [0.2, 0.25) is 0 Å². The molecule has 0 aliphatic heterocycles. The zero-order chi connectivity index (χ0) is 9.14.